The summed E-state index contributed by atoms with van der Waals surface area (Å²) < 4.78 is 12.0. The molecule has 12 heteroatoms. The van der Waals surface area contributed by atoms with Gasteiger partial charge in [-0.3, -0.25) is 19.4 Å². The predicted octanol–water partition coefficient (Wildman–Crippen LogP) is 7.17. The van der Waals surface area contributed by atoms with Crippen molar-refractivity contribution in [3.05, 3.63) is 97.3 Å². The van der Waals surface area contributed by atoms with Crippen molar-refractivity contribution in [2.24, 2.45) is 0 Å². The normalized spacial score (nSPS) is 20.0. The van der Waals surface area contributed by atoms with Gasteiger partial charge in [0.25, 0.3) is 0 Å². The van der Waals surface area contributed by atoms with Gasteiger partial charge in [0.05, 0.1) is 36.8 Å². The highest BCUT2D eigenvalue weighted by Gasteiger charge is 2.33. The molecule has 2 N–H and O–H groups in total. The predicted molar refractivity (Wildman–Crippen MR) is 212 cm³/mol. The Bertz CT molecular complexity index is 1920. The van der Waals surface area contributed by atoms with Crippen LogP contribution in [0.25, 0.3) is 0 Å². The zero-order valence-corrected chi connectivity index (χ0v) is 31.0. The van der Waals surface area contributed by atoms with Crippen LogP contribution in [0.1, 0.15) is 50.1 Å². The standard InChI is InChI=1S/C42H50N8O4/c1-3-42(51)46-35-26-36(39(52-2)27-38(35)49-20-15-32(16-21-49)48-19-8-18-47(22-23-48)31-13-14-31)45-40-28-41(44-29-43-40)50-37(17-24-53-50)30-9-7-12-34(25-30)54-33-10-5-4-6-11-33/h3-7,9-12,25-29,31-32,37H,1,8,13-24H2,2H3,(H,46,51)(H,43,44,45)/t37-/m1/s1. The van der Waals surface area contributed by atoms with E-state index in [0.29, 0.717) is 41.4 Å². The molecule has 1 aliphatic carbocycles. The Labute approximate surface area is 317 Å². The zero-order valence-electron chi connectivity index (χ0n) is 31.0. The molecule has 1 amide bonds. The van der Waals surface area contributed by atoms with Gasteiger partial charge >= 0.3 is 0 Å². The number of hydrogen-bond acceptors (Lipinski definition) is 11. The number of para-hydroxylation sites is 1. The van der Waals surface area contributed by atoms with Gasteiger partial charge in [0.2, 0.25) is 5.91 Å². The maximum absolute atomic E-state index is 12.7. The van der Waals surface area contributed by atoms with Gasteiger partial charge in [0, 0.05) is 56.8 Å². The van der Waals surface area contributed by atoms with E-state index in [9.17, 15) is 4.79 Å². The number of piperidine rings is 1. The summed E-state index contributed by atoms with van der Waals surface area (Å²) in [5.41, 5.74) is 3.34. The highest BCUT2D eigenvalue weighted by Crippen LogP contribution is 2.41. The second kappa shape index (κ2) is 16.5. The Morgan fingerprint density at radius 2 is 1.59 bits per heavy atom. The summed E-state index contributed by atoms with van der Waals surface area (Å²) in [5, 5.41) is 8.32. The van der Waals surface area contributed by atoms with Crippen molar-refractivity contribution in [2.45, 2.75) is 56.7 Å². The Kier molecular flexibility index (Phi) is 10.9. The topological polar surface area (TPSA) is 108 Å². The Balaban J connectivity index is 0.979. The third-order valence-electron chi connectivity index (χ3n) is 11.0. The molecular weight excluding hydrogens is 681 g/mol. The first-order chi connectivity index (χ1) is 26.5. The fourth-order valence-corrected chi connectivity index (χ4v) is 8.06. The summed E-state index contributed by atoms with van der Waals surface area (Å²) in [6, 6.07) is 24.9. The Morgan fingerprint density at radius 1 is 0.833 bits per heavy atom. The number of benzene rings is 3. The highest BCUT2D eigenvalue weighted by molar-refractivity contribution is 6.02. The summed E-state index contributed by atoms with van der Waals surface area (Å²) >= 11 is 0. The fraction of sp³-hybridized carbons (Fsp3) is 0.405. The number of ether oxygens (including phenoxy) is 2. The molecule has 4 aromatic rings. The van der Waals surface area contributed by atoms with Crippen molar-refractivity contribution in [1.29, 1.82) is 0 Å². The summed E-state index contributed by atoms with van der Waals surface area (Å²) in [6.45, 7) is 10.8. The summed E-state index contributed by atoms with van der Waals surface area (Å²) in [4.78, 5) is 35.7. The van der Waals surface area contributed by atoms with Gasteiger partial charge in [-0.1, -0.05) is 36.9 Å². The molecule has 0 spiro atoms. The molecule has 282 valence electrons. The van der Waals surface area contributed by atoms with E-state index in [1.54, 1.807) is 7.11 Å². The summed E-state index contributed by atoms with van der Waals surface area (Å²) in [7, 11) is 1.66. The van der Waals surface area contributed by atoms with E-state index >= 15 is 0 Å². The first-order valence-corrected chi connectivity index (χ1v) is 19.3. The molecule has 54 heavy (non-hydrogen) atoms. The monoisotopic (exact) mass is 730 g/mol. The van der Waals surface area contributed by atoms with Gasteiger partial charge in [-0.2, -0.15) is 0 Å². The van der Waals surface area contributed by atoms with Gasteiger partial charge in [-0.05, 0) is 87.2 Å². The zero-order chi connectivity index (χ0) is 36.9. The maximum atomic E-state index is 12.7. The molecule has 8 rings (SSSR count). The minimum Gasteiger partial charge on any atom is -0.494 e. The van der Waals surface area contributed by atoms with Crippen molar-refractivity contribution < 1.29 is 19.1 Å². The number of hydrogen-bond donors (Lipinski definition) is 2. The SMILES string of the molecule is C=CC(=O)Nc1cc(Nc2cc(N3OCC[C@@H]3c3cccc(Oc4ccccc4)c3)ncn2)c(OC)cc1N1CCC(N2CCCN(C3CC3)CC2)CC1. The van der Waals surface area contributed by atoms with Crippen LogP contribution >= 0.6 is 0 Å². The number of methoxy groups -OCH3 is 1. The molecule has 12 nitrogen and oxygen atoms in total. The average molecular weight is 731 g/mol. The first-order valence-electron chi connectivity index (χ1n) is 19.3. The lowest BCUT2D eigenvalue weighted by Gasteiger charge is -2.40. The second-order valence-corrected chi connectivity index (χ2v) is 14.5. The molecule has 1 saturated carbocycles. The molecule has 0 radical (unpaired) electrons. The van der Waals surface area contributed by atoms with E-state index in [-0.39, 0.29) is 11.9 Å². The van der Waals surface area contributed by atoms with Gasteiger partial charge in [-0.15, -0.1) is 0 Å². The molecule has 3 aromatic carbocycles. The number of hydroxylamine groups is 1. The van der Waals surface area contributed by atoms with E-state index in [4.69, 9.17) is 14.3 Å². The smallest absolute Gasteiger partial charge is 0.247 e. The van der Waals surface area contributed by atoms with E-state index in [2.05, 4.69) is 47.9 Å². The maximum Gasteiger partial charge on any atom is 0.247 e. The Morgan fingerprint density at radius 3 is 2.33 bits per heavy atom. The number of nitrogens with one attached hydrogen (secondary N) is 2. The number of nitrogens with zero attached hydrogens (tertiary/aromatic N) is 6. The molecule has 0 bridgehead atoms. The van der Waals surface area contributed by atoms with Crippen LogP contribution in [-0.4, -0.2) is 90.7 Å². The second-order valence-electron chi connectivity index (χ2n) is 14.5. The first kappa shape index (κ1) is 35.8. The quantitative estimate of drug-likeness (QED) is 0.145. The lowest BCUT2D eigenvalue weighted by atomic mass is 10.0. The van der Waals surface area contributed by atoms with E-state index in [1.165, 1.54) is 51.3 Å². The van der Waals surface area contributed by atoms with E-state index in [1.807, 2.05) is 71.8 Å². The van der Waals surface area contributed by atoms with Crippen LogP contribution in [0.4, 0.5) is 28.7 Å². The molecule has 1 aromatic heterocycles. The van der Waals surface area contributed by atoms with E-state index in [0.717, 1.165) is 67.7 Å². The van der Waals surface area contributed by atoms with Gasteiger partial charge in [0.1, 0.15) is 29.4 Å². The number of rotatable bonds is 12. The Hall–Kier alpha value is -5.17. The third kappa shape index (κ3) is 8.30. The van der Waals surface area contributed by atoms with Crippen LogP contribution in [0.2, 0.25) is 0 Å². The van der Waals surface area contributed by atoms with Crippen molar-refractivity contribution >= 4 is 34.6 Å². The van der Waals surface area contributed by atoms with Gasteiger partial charge < -0.3 is 25.0 Å². The molecule has 3 saturated heterocycles. The fourth-order valence-electron chi connectivity index (χ4n) is 8.06. The van der Waals surface area contributed by atoms with Crippen molar-refractivity contribution in [3.8, 4) is 17.2 Å². The average Bonchev–Trinajstić information content (AvgIpc) is 3.99. The molecular formula is C42H50N8O4. The molecule has 4 aliphatic rings. The van der Waals surface area contributed by atoms with Crippen molar-refractivity contribution in [2.75, 3.05) is 73.6 Å². The lowest BCUT2D eigenvalue weighted by Crippen LogP contribution is -2.46. The lowest BCUT2D eigenvalue weighted by molar-refractivity contribution is -0.111. The van der Waals surface area contributed by atoms with Crippen LogP contribution in [0.15, 0.2) is 91.8 Å². The van der Waals surface area contributed by atoms with E-state index < -0.39 is 0 Å². The molecule has 3 aliphatic heterocycles. The van der Waals surface area contributed by atoms with Crippen LogP contribution in [0.3, 0.4) is 0 Å². The van der Waals surface area contributed by atoms with Crippen LogP contribution in [0, 0.1) is 0 Å². The van der Waals surface area contributed by atoms with Crippen molar-refractivity contribution in [3.63, 3.8) is 0 Å². The summed E-state index contributed by atoms with van der Waals surface area (Å²) in [5.74, 6) is 3.08. The van der Waals surface area contributed by atoms with Crippen LogP contribution in [0.5, 0.6) is 17.2 Å². The highest BCUT2D eigenvalue weighted by atomic mass is 16.7. The number of anilines is 5. The third-order valence-corrected chi connectivity index (χ3v) is 11.0. The summed E-state index contributed by atoms with van der Waals surface area (Å²) in [6.07, 6.45) is 9.75. The minimum atomic E-state index is -0.271. The molecule has 0 unspecified atom stereocenters. The van der Waals surface area contributed by atoms with Crippen LogP contribution < -0.4 is 30.1 Å². The molecule has 1 atom stereocenters. The number of aromatic nitrogens is 2. The van der Waals surface area contributed by atoms with Crippen LogP contribution in [-0.2, 0) is 9.63 Å². The number of carbonyl (C=O) groups excluding carboxylic acids is 1. The molecule has 4 fully saturated rings. The van der Waals surface area contributed by atoms with Crippen molar-refractivity contribution in [1.82, 2.24) is 19.8 Å². The van der Waals surface area contributed by atoms with Gasteiger partial charge in [0.15, 0.2) is 5.82 Å². The minimum absolute atomic E-state index is 0.0671. The number of carbonyl (C=O) groups is 1. The number of amides is 1. The van der Waals surface area contributed by atoms with Gasteiger partial charge in [-0.25, -0.2) is 15.0 Å². The largest absolute Gasteiger partial charge is 0.494 e. The molecule has 4 heterocycles.